The van der Waals surface area contributed by atoms with Gasteiger partial charge in [-0.3, -0.25) is 0 Å². The Balaban J connectivity index is 3.39. The first-order chi connectivity index (χ1) is 4.70. The van der Waals surface area contributed by atoms with Gasteiger partial charge in [0.15, 0.2) is 0 Å². The Hall–Kier alpha value is -0.0800. The van der Waals surface area contributed by atoms with Gasteiger partial charge >= 0.3 is 0 Å². The molecule has 10 heavy (non-hydrogen) atoms. The molecule has 0 radical (unpaired) electrons. The fourth-order valence-corrected chi connectivity index (χ4v) is 1.07. The highest BCUT2D eigenvalue weighted by atomic mass is 16.3. The van der Waals surface area contributed by atoms with Crippen molar-refractivity contribution in [1.29, 1.82) is 0 Å². The highest BCUT2D eigenvalue weighted by Crippen LogP contribution is 1.92. The molecule has 0 aromatic heterocycles. The van der Waals surface area contributed by atoms with E-state index < -0.39 is 0 Å². The van der Waals surface area contributed by atoms with Crippen molar-refractivity contribution >= 4 is 0 Å². The molecule has 0 aromatic rings. The van der Waals surface area contributed by atoms with Crippen LogP contribution in [0.25, 0.3) is 0 Å². The van der Waals surface area contributed by atoms with Crippen molar-refractivity contribution in [1.82, 2.24) is 4.90 Å². The highest BCUT2D eigenvalue weighted by molar-refractivity contribution is 4.57. The first-order valence-corrected chi connectivity index (χ1v) is 4.11. The Morgan fingerprint density at radius 2 is 2.00 bits per heavy atom. The number of rotatable bonds is 5. The predicted molar refractivity (Wildman–Crippen MR) is 44.1 cm³/mol. The summed E-state index contributed by atoms with van der Waals surface area (Å²) in [6.07, 6.45) is 0.979. The van der Waals surface area contributed by atoms with Gasteiger partial charge in [0.05, 0.1) is 6.10 Å². The number of hydrogen-bond acceptors (Lipinski definition) is 2. The maximum atomic E-state index is 9.04. The van der Waals surface area contributed by atoms with E-state index in [4.69, 9.17) is 5.11 Å². The van der Waals surface area contributed by atoms with Gasteiger partial charge in [-0.25, -0.2) is 0 Å². The van der Waals surface area contributed by atoms with Gasteiger partial charge in [0, 0.05) is 6.54 Å². The van der Waals surface area contributed by atoms with E-state index in [1.165, 1.54) is 6.42 Å². The molecular formula is C8H19NO. The fourth-order valence-electron chi connectivity index (χ4n) is 1.07. The van der Waals surface area contributed by atoms with Crippen molar-refractivity contribution < 1.29 is 5.11 Å². The summed E-state index contributed by atoms with van der Waals surface area (Å²) in [7, 11) is 0. The van der Waals surface area contributed by atoms with Gasteiger partial charge in [-0.05, 0) is 26.4 Å². The molecule has 0 rings (SSSR count). The third-order valence-electron chi connectivity index (χ3n) is 1.51. The van der Waals surface area contributed by atoms with Gasteiger partial charge in [-0.15, -0.1) is 0 Å². The molecule has 0 aliphatic heterocycles. The van der Waals surface area contributed by atoms with Gasteiger partial charge in [0.1, 0.15) is 0 Å². The molecule has 62 valence electrons. The molecule has 0 heterocycles. The number of aliphatic hydroxyl groups excluding tert-OH is 1. The van der Waals surface area contributed by atoms with Crippen LogP contribution < -0.4 is 0 Å². The lowest BCUT2D eigenvalue weighted by Gasteiger charge is -2.20. The normalized spacial score (nSPS) is 14.1. The van der Waals surface area contributed by atoms with E-state index in [0.717, 1.165) is 19.6 Å². The number of nitrogens with zero attached hydrogens (tertiary/aromatic N) is 1. The van der Waals surface area contributed by atoms with Gasteiger partial charge in [0.2, 0.25) is 0 Å². The summed E-state index contributed by atoms with van der Waals surface area (Å²) in [5, 5.41) is 9.04. The van der Waals surface area contributed by atoms with Crippen LogP contribution in [-0.4, -0.2) is 35.7 Å². The summed E-state index contributed by atoms with van der Waals surface area (Å²) in [6.45, 7) is 9.06. The van der Waals surface area contributed by atoms with E-state index >= 15 is 0 Å². The molecule has 1 atom stereocenters. The Bertz CT molecular complexity index is 73.7. The van der Waals surface area contributed by atoms with Crippen LogP contribution in [0.2, 0.25) is 0 Å². The second-order valence-corrected chi connectivity index (χ2v) is 2.74. The lowest BCUT2D eigenvalue weighted by molar-refractivity contribution is 0.130. The van der Waals surface area contributed by atoms with Crippen molar-refractivity contribution in [2.24, 2.45) is 0 Å². The first kappa shape index (κ1) is 9.92. The van der Waals surface area contributed by atoms with E-state index in [-0.39, 0.29) is 6.10 Å². The van der Waals surface area contributed by atoms with Crippen molar-refractivity contribution in [3.63, 3.8) is 0 Å². The van der Waals surface area contributed by atoms with E-state index in [1.54, 1.807) is 0 Å². The van der Waals surface area contributed by atoms with Crippen molar-refractivity contribution in [2.45, 2.75) is 33.3 Å². The average Bonchev–Trinajstić information content (AvgIpc) is 1.86. The van der Waals surface area contributed by atoms with Gasteiger partial charge in [0.25, 0.3) is 0 Å². The molecule has 0 aliphatic rings. The smallest absolute Gasteiger partial charge is 0.0639 e. The van der Waals surface area contributed by atoms with Crippen molar-refractivity contribution in [2.75, 3.05) is 19.6 Å². The predicted octanol–water partition coefficient (Wildman–Crippen LogP) is 1.10. The quantitative estimate of drug-likeness (QED) is 0.626. The molecular weight excluding hydrogens is 126 g/mol. The molecule has 0 amide bonds. The third-order valence-corrected chi connectivity index (χ3v) is 1.51. The average molecular weight is 145 g/mol. The molecule has 1 N–H and O–H groups in total. The maximum Gasteiger partial charge on any atom is 0.0639 e. The summed E-state index contributed by atoms with van der Waals surface area (Å²) in [4.78, 5) is 2.25. The summed E-state index contributed by atoms with van der Waals surface area (Å²) in [5.74, 6) is 0. The van der Waals surface area contributed by atoms with Crippen LogP contribution in [0, 0.1) is 0 Å². The molecule has 0 bridgehead atoms. The summed E-state index contributed by atoms with van der Waals surface area (Å²) in [5.41, 5.74) is 0. The van der Waals surface area contributed by atoms with E-state index in [2.05, 4.69) is 18.7 Å². The second kappa shape index (κ2) is 5.69. The molecule has 0 saturated carbocycles. The van der Waals surface area contributed by atoms with Crippen LogP contribution in [0.5, 0.6) is 0 Å². The fraction of sp³-hybridized carbons (Fsp3) is 1.00. The molecule has 0 unspecified atom stereocenters. The van der Waals surface area contributed by atoms with Gasteiger partial charge < -0.3 is 10.0 Å². The summed E-state index contributed by atoms with van der Waals surface area (Å²) >= 11 is 0. The van der Waals surface area contributed by atoms with Crippen LogP contribution in [0.4, 0.5) is 0 Å². The van der Waals surface area contributed by atoms with E-state index in [9.17, 15) is 0 Å². The molecule has 0 aromatic carbocycles. The van der Waals surface area contributed by atoms with Crippen molar-refractivity contribution in [3.05, 3.63) is 0 Å². The molecule has 2 heteroatoms. The van der Waals surface area contributed by atoms with Crippen LogP contribution in [-0.2, 0) is 0 Å². The SMILES string of the molecule is CCCN(CC)C[C@H](C)O. The zero-order valence-corrected chi connectivity index (χ0v) is 7.30. The first-order valence-electron chi connectivity index (χ1n) is 4.11. The minimum atomic E-state index is -0.188. The topological polar surface area (TPSA) is 23.5 Å². The minimum Gasteiger partial charge on any atom is -0.392 e. The van der Waals surface area contributed by atoms with Gasteiger partial charge in [-0.1, -0.05) is 13.8 Å². The number of aliphatic hydroxyl groups is 1. The zero-order chi connectivity index (χ0) is 7.98. The molecule has 0 fully saturated rings. The van der Waals surface area contributed by atoms with E-state index in [1.807, 2.05) is 6.92 Å². The number of likely N-dealkylation sites (N-methyl/N-ethyl adjacent to an activating group) is 1. The summed E-state index contributed by atoms with van der Waals surface area (Å²) in [6, 6.07) is 0. The Morgan fingerprint density at radius 1 is 1.40 bits per heavy atom. The lowest BCUT2D eigenvalue weighted by Crippen LogP contribution is -2.31. The standard InChI is InChI=1S/C8H19NO/c1-4-6-9(5-2)7-8(3)10/h8,10H,4-7H2,1-3H3/t8-/m0/s1. The molecule has 0 spiro atoms. The van der Waals surface area contributed by atoms with Crippen LogP contribution >= 0.6 is 0 Å². The van der Waals surface area contributed by atoms with E-state index in [0.29, 0.717) is 0 Å². The Labute approximate surface area is 63.8 Å². The van der Waals surface area contributed by atoms with Crippen molar-refractivity contribution in [3.8, 4) is 0 Å². The minimum absolute atomic E-state index is 0.188. The molecule has 0 aliphatic carbocycles. The third kappa shape index (κ3) is 4.77. The Kier molecular flexibility index (Phi) is 5.64. The summed E-state index contributed by atoms with van der Waals surface area (Å²) < 4.78 is 0. The van der Waals surface area contributed by atoms with Crippen LogP contribution in [0.3, 0.4) is 0 Å². The maximum absolute atomic E-state index is 9.04. The zero-order valence-electron chi connectivity index (χ0n) is 7.30. The Morgan fingerprint density at radius 3 is 2.30 bits per heavy atom. The van der Waals surface area contributed by atoms with Crippen LogP contribution in [0.1, 0.15) is 27.2 Å². The lowest BCUT2D eigenvalue weighted by atomic mass is 10.3. The number of hydrogen-bond donors (Lipinski definition) is 1. The van der Waals surface area contributed by atoms with Crippen LogP contribution in [0.15, 0.2) is 0 Å². The molecule has 2 nitrogen and oxygen atoms in total. The molecule has 0 saturated heterocycles. The monoisotopic (exact) mass is 145 g/mol. The highest BCUT2D eigenvalue weighted by Gasteiger charge is 2.03. The van der Waals surface area contributed by atoms with Gasteiger partial charge in [-0.2, -0.15) is 0 Å². The second-order valence-electron chi connectivity index (χ2n) is 2.74. The largest absolute Gasteiger partial charge is 0.392 e.